The van der Waals surface area contributed by atoms with Gasteiger partial charge in [-0.15, -0.1) is 0 Å². The maximum atomic E-state index is 12.7. The molecule has 0 N–H and O–H groups in total. The summed E-state index contributed by atoms with van der Waals surface area (Å²) in [6, 6.07) is 12.8. The van der Waals surface area contributed by atoms with Gasteiger partial charge >= 0.3 is 5.97 Å². The van der Waals surface area contributed by atoms with Gasteiger partial charge in [-0.05, 0) is 69.5 Å². The lowest BCUT2D eigenvalue weighted by atomic mass is 10.1. The molecule has 2 aromatic carbocycles. The molecule has 0 radical (unpaired) electrons. The van der Waals surface area contributed by atoms with Gasteiger partial charge in [-0.2, -0.15) is 0 Å². The molecule has 2 amide bonds. The van der Waals surface area contributed by atoms with E-state index in [1.54, 1.807) is 24.3 Å². The minimum Gasteiger partial charge on any atom is -0.481 e. The van der Waals surface area contributed by atoms with Crippen LogP contribution in [0.1, 0.15) is 16.7 Å². The molecule has 0 bridgehead atoms. The van der Waals surface area contributed by atoms with Gasteiger partial charge in [-0.1, -0.05) is 30.3 Å². The molecular weight excluding hydrogens is 458 g/mol. The minimum atomic E-state index is -0.483. The number of rotatable bonds is 6. The van der Waals surface area contributed by atoms with E-state index in [-0.39, 0.29) is 24.3 Å². The lowest BCUT2D eigenvalue weighted by Crippen LogP contribution is -2.27. The number of hydrogen-bond donors (Lipinski definition) is 0. The number of carbonyl (C=O) groups is 3. The Kier molecular flexibility index (Phi) is 6.76. The molecule has 6 nitrogen and oxygen atoms in total. The second-order valence-electron chi connectivity index (χ2n) is 6.25. The second-order valence-corrected chi connectivity index (χ2v) is 8.10. The summed E-state index contributed by atoms with van der Waals surface area (Å²) in [4.78, 5) is 37.9. The summed E-state index contributed by atoms with van der Waals surface area (Å²) in [7, 11) is 1.29. The highest BCUT2D eigenvalue weighted by molar-refractivity contribution is 9.10. The first-order valence-electron chi connectivity index (χ1n) is 8.68. The number of hydrogen-bond acceptors (Lipinski definition) is 6. The van der Waals surface area contributed by atoms with Crippen LogP contribution < -0.4 is 4.74 Å². The SMILES string of the molecule is COC(=O)COc1ccc(/C=C2\SC(=O)N(Cc3ccccc3C)C2=O)cc1Br. The molecule has 1 aliphatic rings. The molecule has 8 heteroatoms. The van der Waals surface area contributed by atoms with Gasteiger partial charge in [0.15, 0.2) is 6.61 Å². The standard InChI is InChI=1S/C21H18BrNO5S/c1-13-5-3-4-6-15(13)11-23-20(25)18(29-21(23)26)10-14-7-8-17(16(22)9-14)28-12-19(24)27-2/h3-10H,11-12H2,1-2H3/b18-10-. The average molecular weight is 476 g/mol. The highest BCUT2D eigenvalue weighted by Gasteiger charge is 2.35. The van der Waals surface area contributed by atoms with Crippen LogP contribution in [0.15, 0.2) is 51.8 Å². The van der Waals surface area contributed by atoms with Gasteiger partial charge in [0.05, 0.1) is 23.0 Å². The molecule has 0 saturated carbocycles. The Balaban J connectivity index is 1.74. The molecule has 0 aromatic heterocycles. The smallest absolute Gasteiger partial charge is 0.343 e. The van der Waals surface area contributed by atoms with Crippen LogP contribution in [0.4, 0.5) is 4.79 Å². The van der Waals surface area contributed by atoms with Crippen LogP contribution in [0.5, 0.6) is 5.75 Å². The fourth-order valence-electron chi connectivity index (χ4n) is 2.67. The quantitative estimate of drug-likeness (QED) is 0.450. The predicted molar refractivity (Wildman–Crippen MR) is 114 cm³/mol. The maximum absolute atomic E-state index is 12.7. The van der Waals surface area contributed by atoms with Crippen LogP contribution in [0.25, 0.3) is 6.08 Å². The first-order chi connectivity index (χ1) is 13.9. The van der Waals surface area contributed by atoms with E-state index in [0.717, 1.165) is 28.5 Å². The van der Waals surface area contributed by atoms with Gasteiger partial charge in [-0.3, -0.25) is 14.5 Å². The Morgan fingerprint density at radius 3 is 2.66 bits per heavy atom. The third-order valence-corrected chi connectivity index (χ3v) is 5.82. The Hall–Kier alpha value is -2.58. The van der Waals surface area contributed by atoms with Crippen LogP contribution in [0, 0.1) is 6.92 Å². The average Bonchev–Trinajstić information content (AvgIpc) is 2.96. The van der Waals surface area contributed by atoms with Gasteiger partial charge in [0.2, 0.25) is 0 Å². The van der Waals surface area contributed by atoms with Crippen molar-refractivity contribution in [2.45, 2.75) is 13.5 Å². The van der Waals surface area contributed by atoms with E-state index in [2.05, 4.69) is 20.7 Å². The third kappa shape index (κ3) is 5.07. The molecular formula is C21H18BrNO5S. The summed E-state index contributed by atoms with van der Waals surface area (Å²) in [5, 5.41) is -0.290. The Morgan fingerprint density at radius 1 is 1.21 bits per heavy atom. The number of amides is 2. The topological polar surface area (TPSA) is 72.9 Å². The number of carbonyl (C=O) groups excluding carboxylic acids is 3. The summed E-state index contributed by atoms with van der Waals surface area (Å²) in [5.74, 6) is -0.325. The van der Waals surface area contributed by atoms with E-state index < -0.39 is 5.97 Å². The molecule has 1 heterocycles. The van der Waals surface area contributed by atoms with Gasteiger partial charge in [0, 0.05) is 0 Å². The molecule has 0 aliphatic carbocycles. The number of thioether (sulfide) groups is 1. The molecule has 1 fully saturated rings. The second kappa shape index (κ2) is 9.28. The molecule has 150 valence electrons. The normalized spacial score (nSPS) is 15.1. The maximum Gasteiger partial charge on any atom is 0.343 e. The van der Waals surface area contributed by atoms with Gasteiger partial charge < -0.3 is 9.47 Å². The first-order valence-corrected chi connectivity index (χ1v) is 10.3. The van der Waals surface area contributed by atoms with Crippen molar-refractivity contribution in [1.82, 2.24) is 4.90 Å². The molecule has 3 rings (SSSR count). The zero-order valence-corrected chi connectivity index (χ0v) is 18.2. The number of methoxy groups -OCH3 is 1. The lowest BCUT2D eigenvalue weighted by molar-refractivity contribution is -0.142. The van der Waals surface area contributed by atoms with Gasteiger partial charge in [0.25, 0.3) is 11.1 Å². The summed E-state index contributed by atoms with van der Waals surface area (Å²) < 4.78 is 10.5. The predicted octanol–water partition coefficient (Wildman–Crippen LogP) is 4.55. The summed E-state index contributed by atoms with van der Waals surface area (Å²) in [6.07, 6.45) is 1.66. The van der Waals surface area contributed by atoms with Crippen LogP contribution >= 0.6 is 27.7 Å². The Bertz CT molecular complexity index is 1000. The summed E-state index contributed by atoms with van der Waals surface area (Å²) in [5.41, 5.74) is 2.69. The number of imide groups is 1. The van der Waals surface area contributed by atoms with Crippen molar-refractivity contribution < 1.29 is 23.9 Å². The molecule has 1 saturated heterocycles. The molecule has 2 aromatic rings. The van der Waals surface area contributed by atoms with Crippen molar-refractivity contribution in [1.29, 1.82) is 0 Å². The van der Waals surface area contributed by atoms with E-state index in [9.17, 15) is 14.4 Å². The van der Waals surface area contributed by atoms with Gasteiger partial charge in [-0.25, -0.2) is 4.79 Å². The van der Waals surface area contributed by atoms with E-state index >= 15 is 0 Å². The largest absolute Gasteiger partial charge is 0.481 e. The van der Waals surface area contributed by atoms with E-state index in [4.69, 9.17) is 4.74 Å². The number of ether oxygens (including phenoxy) is 2. The number of halogens is 1. The summed E-state index contributed by atoms with van der Waals surface area (Å²) >= 11 is 4.30. The number of benzene rings is 2. The first kappa shape index (κ1) is 21.1. The van der Waals surface area contributed by atoms with Crippen LogP contribution in [0.2, 0.25) is 0 Å². The highest BCUT2D eigenvalue weighted by atomic mass is 79.9. The monoisotopic (exact) mass is 475 g/mol. The molecule has 0 unspecified atom stereocenters. The van der Waals surface area contributed by atoms with E-state index in [0.29, 0.717) is 15.1 Å². The Labute approximate surface area is 181 Å². The number of aryl methyl sites for hydroxylation is 1. The van der Waals surface area contributed by atoms with Crippen molar-refractivity contribution in [2.75, 3.05) is 13.7 Å². The van der Waals surface area contributed by atoms with Crippen molar-refractivity contribution in [3.63, 3.8) is 0 Å². The molecule has 0 spiro atoms. The molecule has 29 heavy (non-hydrogen) atoms. The molecule has 0 atom stereocenters. The van der Waals surface area contributed by atoms with Crippen molar-refractivity contribution >= 4 is 50.9 Å². The van der Waals surface area contributed by atoms with Crippen LogP contribution in [-0.2, 0) is 20.9 Å². The van der Waals surface area contributed by atoms with E-state index in [1.165, 1.54) is 12.0 Å². The Morgan fingerprint density at radius 2 is 1.97 bits per heavy atom. The van der Waals surface area contributed by atoms with Crippen molar-refractivity contribution in [3.05, 3.63) is 68.5 Å². The lowest BCUT2D eigenvalue weighted by Gasteiger charge is -2.14. The number of esters is 1. The fraction of sp³-hybridized carbons (Fsp3) is 0.190. The summed E-state index contributed by atoms with van der Waals surface area (Å²) in [6.45, 7) is 2.00. The number of nitrogens with zero attached hydrogens (tertiary/aromatic N) is 1. The van der Waals surface area contributed by atoms with Crippen molar-refractivity contribution in [2.24, 2.45) is 0 Å². The van der Waals surface area contributed by atoms with Crippen LogP contribution in [0.3, 0.4) is 0 Å². The zero-order valence-electron chi connectivity index (χ0n) is 15.8. The fourth-order valence-corrected chi connectivity index (χ4v) is 4.01. The van der Waals surface area contributed by atoms with Gasteiger partial charge in [0.1, 0.15) is 5.75 Å². The third-order valence-electron chi connectivity index (χ3n) is 4.29. The zero-order chi connectivity index (χ0) is 21.0. The van der Waals surface area contributed by atoms with E-state index in [1.807, 2.05) is 31.2 Å². The minimum absolute atomic E-state index is 0.202. The van der Waals surface area contributed by atoms with Crippen LogP contribution in [-0.4, -0.2) is 35.7 Å². The highest BCUT2D eigenvalue weighted by Crippen LogP contribution is 2.35. The molecule has 1 aliphatic heterocycles. The van der Waals surface area contributed by atoms with Crippen molar-refractivity contribution in [3.8, 4) is 5.75 Å².